The third kappa shape index (κ3) is 4.91. The number of anilines is 1. The van der Waals surface area contributed by atoms with Crippen LogP contribution in [0.4, 0.5) is 11.4 Å². The SMILES string of the molecule is CCC/C(=N\c1cc(N(C)C(=O)C(C)N2CCOCC2)c(C)c(P)c1C)c1n[nH]c2c1CC1C(C)C1C2. The number of aliphatic imine (C=N–C) groups is 1. The molecule has 1 aromatic heterocycles. The van der Waals surface area contributed by atoms with Crippen LogP contribution in [0, 0.1) is 31.6 Å². The van der Waals surface area contributed by atoms with Gasteiger partial charge in [0.15, 0.2) is 0 Å². The predicted octanol–water partition coefficient (Wildman–Crippen LogP) is 4.11. The number of carbonyl (C=O) groups is 1. The monoisotopic (exact) mass is 523 g/mol. The van der Waals surface area contributed by atoms with Crippen molar-refractivity contribution in [3.05, 3.63) is 34.1 Å². The highest BCUT2D eigenvalue weighted by atomic mass is 31.0. The number of aromatic nitrogens is 2. The minimum atomic E-state index is -0.200. The van der Waals surface area contributed by atoms with Gasteiger partial charge in [0.2, 0.25) is 5.91 Å². The molecule has 5 atom stereocenters. The molecule has 200 valence electrons. The molecule has 37 heavy (non-hydrogen) atoms. The molecule has 7 nitrogen and oxygen atoms in total. The lowest BCUT2D eigenvalue weighted by Crippen LogP contribution is -2.50. The van der Waals surface area contributed by atoms with Crippen LogP contribution in [0.2, 0.25) is 0 Å². The fourth-order valence-electron chi connectivity index (χ4n) is 6.31. The highest BCUT2D eigenvalue weighted by Gasteiger charge is 2.50. The molecule has 5 unspecified atom stereocenters. The van der Waals surface area contributed by atoms with Crippen molar-refractivity contribution in [3.63, 3.8) is 0 Å². The summed E-state index contributed by atoms with van der Waals surface area (Å²) in [4.78, 5) is 22.8. The van der Waals surface area contributed by atoms with Crippen LogP contribution < -0.4 is 10.2 Å². The molecule has 1 aliphatic heterocycles. The van der Waals surface area contributed by atoms with Crippen LogP contribution in [-0.4, -0.2) is 66.1 Å². The van der Waals surface area contributed by atoms with E-state index in [1.165, 1.54) is 11.3 Å². The van der Waals surface area contributed by atoms with E-state index in [4.69, 9.17) is 14.8 Å². The van der Waals surface area contributed by atoms with Gasteiger partial charge in [-0.2, -0.15) is 5.10 Å². The van der Waals surface area contributed by atoms with Gasteiger partial charge in [-0.15, -0.1) is 9.24 Å². The topological polar surface area (TPSA) is 73.8 Å². The first-order chi connectivity index (χ1) is 17.7. The van der Waals surface area contributed by atoms with Crippen molar-refractivity contribution in [2.24, 2.45) is 22.7 Å². The Kier molecular flexibility index (Phi) is 7.59. The zero-order chi connectivity index (χ0) is 26.4. The van der Waals surface area contributed by atoms with E-state index in [0.717, 1.165) is 95.7 Å². The lowest BCUT2D eigenvalue weighted by molar-refractivity contribution is -0.124. The molecule has 5 rings (SSSR count). The Morgan fingerprint density at radius 3 is 2.68 bits per heavy atom. The second kappa shape index (κ2) is 10.6. The van der Waals surface area contributed by atoms with Gasteiger partial charge in [0.25, 0.3) is 0 Å². The zero-order valence-electron chi connectivity index (χ0n) is 23.2. The molecule has 3 aliphatic rings. The number of hydrogen-bond donors (Lipinski definition) is 1. The molecule has 2 aromatic rings. The number of likely N-dealkylation sites (N-methyl/N-ethyl adjacent to an activating group) is 1. The first-order valence-corrected chi connectivity index (χ1v) is 14.4. The molecule has 0 spiro atoms. The van der Waals surface area contributed by atoms with E-state index >= 15 is 0 Å². The van der Waals surface area contributed by atoms with Gasteiger partial charge in [-0.3, -0.25) is 19.8 Å². The molecule has 1 N–H and O–H groups in total. The largest absolute Gasteiger partial charge is 0.379 e. The van der Waals surface area contributed by atoms with E-state index < -0.39 is 0 Å². The van der Waals surface area contributed by atoms with Gasteiger partial charge in [0, 0.05) is 37.1 Å². The standard InChI is InChI=1S/C29H42N5O2P/c1-7-8-23(27-22-13-20-16(2)21(20)14-25(22)31-32-27)30-24-15-26(18(4)28(37)17(24)3)33(6)29(35)19(5)34-9-11-36-12-10-34/h15-16,19-21H,7-14,37H2,1-6H3,(H,31,32)/b30-23+. The molecule has 1 aromatic carbocycles. The van der Waals surface area contributed by atoms with Crippen molar-refractivity contribution in [3.8, 4) is 0 Å². The van der Waals surface area contributed by atoms with Crippen LogP contribution in [0.5, 0.6) is 0 Å². The fourth-order valence-corrected chi connectivity index (χ4v) is 6.60. The summed E-state index contributed by atoms with van der Waals surface area (Å²) in [5, 5.41) is 9.23. The van der Waals surface area contributed by atoms with Gasteiger partial charge in [-0.25, -0.2) is 0 Å². The van der Waals surface area contributed by atoms with Crippen LogP contribution in [0.1, 0.15) is 61.7 Å². The number of nitrogens with zero attached hydrogens (tertiary/aromatic N) is 4. The molecule has 1 amide bonds. The van der Waals surface area contributed by atoms with Crippen molar-refractivity contribution in [2.75, 3.05) is 38.3 Å². The average Bonchev–Trinajstić information content (AvgIpc) is 3.34. The van der Waals surface area contributed by atoms with Crippen LogP contribution >= 0.6 is 9.24 Å². The molecule has 2 fully saturated rings. The Hall–Kier alpha value is -2.08. The van der Waals surface area contributed by atoms with Crippen molar-refractivity contribution in [1.82, 2.24) is 15.1 Å². The quantitative estimate of drug-likeness (QED) is 0.438. The summed E-state index contributed by atoms with van der Waals surface area (Å²) in [6.45, 7) is 13.7. The average molecular weight is 524 g/mol. The lowest BCUT2D eigenvalue weighted by Gasteiger charge is -2.34. The Bertz CT molecular complexity index is 1220. The second-order valence-corrected chi connectivity index (χ2v) is 11.8. The van der Waals surface area contributed by atoms with Gasteiger partial charge >= 0.3 is 0 Å². The number of fused-ring (bicyclic) bond motifs is 2. The lowest BCUT2D eigenvalue weighted by atomic mass is 9.93. The second-order valence-electron chi connectivity index (χ2n) is 11.2. The molecular formula is C29H42N5O2P. The van der Waals surface area contributed by atoms with Gasteiger partial charge in [-0.1, -0.05) is 20.3 Å². The summed E-state index contributed by atoms with van der Waals surface area (Å²) in [6, 6.07) is 1.89. The van der Waals surface area contributed by atoms with E-state index in [2.05, 4.69) is 53.0 Å². The maximum absolute atomic E-state index is 13.5. The first kappa shape index (κ1) is 26.5. The highest BCUT2D eigenvalue weighted by Crippen LogP contribution is 2.53. The van der Waals surface area contributed by atoms with E-state index in [9.17, 15) is 4.79 Å². The summed E-state index contributed by atoms with van der Waals surface area (Å²) in [6.07, 6.45) is 4.10. The number of benzene rings is 1. The zero-order valence-corrected chi connectivity index (χ0v) is 24.4. The Morgan fingerprint density at radius 2 is 1.97 bits per heavy atom. The third-order valence-electron chi connectivity index (χ3n) is 9.10. The molecule has 8 heteroatoms. The summed E-state index contributed by atoms with van der Waals surface area (Å²) in [5.74, 6) is 2.53. The molecule has 0 radical (unpaired) electrons. The van der Waals surface area contributed by atoms with Gasteiger partial charge in [0.05, 0.1) is 30.7 Å². The number of amides is 1. The highest BCUT2D eigenvalue weighted by molar-refractivity contribution is 7.27. The Morgan fingerprint density at radius 1 is 1.27 bits per heavy atom. The summed E-state index contributed by atoms with van der Waals surface area (Å²) in [5.41, 5.74) is 8.82. The number of ether oxygens (including phenoxy) is 1. The van der Waals surface area contributed by atoms with Gasteiger partial charge in [-0.05, 0) is 80.3 Å². The predicted molar refractivity (Wildman–Crippen MR) is 154 cm³/mol. The van der Waals surface area contributed by atoms with Crippen LogP contribution in [0.25, 0.3) is 0 Å². The first-order valence-electron chi connectivity index (χ1n) is 13.9. The van der Waals surface area contributed by atoms with E-state index in [0.29, 0.717) is 13.2 Å². The molecule has 1 saturated heterocycles. The van der Waals surface area contributed by atoms with Crippen molar-refractivity contribution in [1.29, 1.82) is 0 Å². The maximum Gasteiger partial charge on any atom is 0.243 e. The summed E-state index contributed by atoms with van der Waals surface area (Å²) >= 11 is 0. The van der Waals surface area contributed by atoms with Crippen LogP contribution in [-0.2, 0) is 22.4 Å². The van der Waals surface area contributed by atoms with Crippen molar-refractivity contribution in [2.45, 2.75) is 66.3 Å². The van der Waals surface area contributed by atoms with E-state index in [1.54, 1.807) is 0 Å². The molecule has 2 aliphatic carbocycles. The number of morpholine rings is 1. The number of H-pyrrole nitrogens is 1. The van der Waals surface area contributed by atoms with E-state index in [1.807, 2.05) is 18.9 Å². The van der Waals surface area contributed by atoms with Gasteiger partial charge in [0.1, 0.15) is 5.69 Å². The maximum atomic E-state index is 13.5. The number of carbonyl (C=O) groups excluding carboxylic acids is 1. The number of aromatic amines is 1. The number of rotatable bonds is 7. The Labute approximate surface area is 223 Å². The normalized spacial score (nSPS) is 24.4. The molecule has 1 saturated carbocycles. The molecule has 0 bridgehead atoms. The van der Waals surface area contributed by atoms with Gasteiger partial charge < -0.3 is 9.64 Å². The summed E-state index contributed by atoms with van der Waals surface area (Å²) < 4.78 is 5.48. The van der Waals surface area contributed by atoms with Crippen LogP contribution in [0.3, 0.4) is 0 Å². The minimum absolute atomic E-state index is 0.0939. The fraction of sp³-hybridized carbons (Fsp3) is 0.621. The van der Waals surface area contributed by atoms with E-state index in [-0.39, 0.29) is 11.9 Å². The van der Waals surface area contributed by atoms with Crippen molar-refractivity contribution < 1.29 is 9.53 Å². The third-order valence-corrected chi connectivity index (χ3v) is 9.97. The molecule has 2 heterocycles. The smallest absolute Gasteiger partial charge is 0.243 e. The summed E-state index contributed by atoms with van der Waals surface area (Å²) in [7, 11) is 4.77. The number of nitrogens with one attached hydrogen (secondary N) is 1. The molecular weight excluding hydrogens is 481 g/mol. The number of hydrogen-bond acceptors (Lipinski definition) is 5. The minimum Gasteiger partial charge on any atom is -0.379 e. The van der Waals surface area contributed by atoms with Crippen molar-refractivity contribution >= 4 is 37.5 Å². The van der Waals surface area contributed by atoms with Crippen LogP contribution in [0.15, 0.2) is 11.1 Å². The Balaban J connectivity index is 1.48.